The van der Waals surface area contributed by atoms with Gasteiger partial charge in [-0.2, -0.15) is 0 Å². The predicted octanol–water partition coefficient (Wildman–Crippen LogP) is 0.816. The number of hydrogen-bond donors (Lipinski definition) is 2. The number of amides is 3. The summed E-state index contributed by atoms with van der Waals surface area (Å²) in [4.78, 5) is 27.3. The second-order valence-corrected chi connectivity index (χ2v) is 4.99. The molecular weight excluding hydrogens is 270 g/mol. The van der Waals surface area contributed by atoms with Gasteiger partial charge in [-0.25, -0.2) is 4.79 Å². The van der Waals surface area contributed by atoms with Crippen LogP contribution in [0.15, 0.2) is 30.3 Å². The molecule has 6 heteroatoms. The molecule has 2 N–H and O–H groups in total. The van der Waals surface area contributed by atoms with Crippen LogP contribution in [0, 0.1) is 0 Å². The van der Waals surface area contributed by atoms with E-state index in [1.807, 2.05) is 37.3 Å². The summed E-state index contributed by atoms with van der Waals surface area (Å²) >= 11 is 0. The SMILES string of the molecule is CCN(CCO)C(=O)NC1CC(=O)N(c2ccccc2)C1. The minimum atomic E-state index is -0.237. The number of likely N-dealkylation sites (N-methyl/N-ethyl adjacent to an activating group) is 1. The van der Waals surface area contributed by atoms with E-state index in [0.29, 0.717) is 26.1 Å². The van der Waals surface area contributed by atoms with Crippen LogP contribution in [0.4, 0.5) is 10.5 Å². The van der Waals surface area contributed by atoms with Gasteiger partial charge in [0.25, 0.3) is 0 Å². The molecule has 3 amide bonds. The highest BCUT2D eigenvalue weighted by atomic mass is 16.3. The Morgan fingerprint density at radius 2 is 2.14 bits per heavy atom. The summed E-state index contributed by atoms with van der Waals surface area (Å²) < 4.78 is 0. The van der Waals surface area contributed by atoms with E-state index in [-0.39, 0.29) is 24.6 Å². The molecule has 1 aromatic rings. The van der Waals surface area contributed by atoms with Crippen molar-refractivity contribution in [3.63, 3.8) is 0 Å². The van der Waals surface area contributed by atoms with Gasteiger partial charge >= 0.3 is 6.03 Å². The van der Waals surface area contributed by atoms with E-state index in [0.717, 1.165) is 5.69 Å². The van der Waals surface area contributed by atoms with Crippen LogP contribution in [0.2, 0.25) is 0 Å². The van der Waals surface area contributed by atoms with E-state index in [4.69, 9.17) is 5.11 Å². The van der Waals surface area contributed by atoms with Crippen molar-refractivity contribution >= 4 is 17.6 Å². The summed E-state index contributed by atoms with van der Waals surface area (Å²) in [6.45, 7) is 3.08. The largest absolute Gasteiger partial charge is 0.395 e. The second-order valence-electron chi connectivity index (χ2n) is 4.99. The molecule has 1 fully saturated rings. The number of hydrogen-bond acceptors (Lipinski definition) is 3. The summed E-state index contributed by atoms with van der Waals surface area (Å²) in [6, 6.07) is 9.00. The van der Waals surface area contributed by atoms with Gasteiger partial charge < -0.3 is 20.2 Å². The molecule has 1 aliphatic heterocycles. The van der Waals surface area contributed by atoms with Gasteiger partial charge in [0.05, 0.1) is 12.6 Å². The maximum Gasteiger partial charge on any atom is 0.317 e. The van der Waals surface area contributed by atoms with Crippen LogP contribution in [0.5, 0.6) is 0 Å². The zero-order valence-corrected chi connectivity index (χ0v) is 12.2. The number of urea groups is 1. The molecule has 1 aliphatic rings. The van der Waals surface area contributed by atoms with Gasteiger partial charge in [0.1, 0.15) is 0 Å². The third-order valence-corrected chi connectivity index (χ3v) is 3.56. The summed E-state index contributed by atoms with van der Waals surface area (Å²) in [6.07, 6.45) is 0.303. The lowest BCUT2D eigenvalue weighted by Gasteiger charge is -2.23. The number of anilines is 1. The molecular formula is C15H21N3O3. The van der Waals surface area contributed by atoms with Crippen molar-refractivity contribution in [2.24, 2.45) is 0 Å². The van der Waals surface area contributed by atoms with Gasteiger partial charge in [0, 0.05) is 31.7 Å². The highest BCUT2D eigenvalue weighted by molar-refractivity contribution is 5.96. The van der Waals surface area contributed by atoms with Crippen molar-refractivity contribution in [2.45, 2.75) is 19.4 Å². The fourth-order valence-electron chi connectivity index (χ4n) is 2.45. The maximum atomic E-state index is 12.1. The Labute approximate surface area is 124 Å². The number of para-hydroxylation sites is 1. The summed E-state index contributed by atoms with van der Waals surface area (Å²) in [5.41, 5.74) is 0.849. The Bertz CT molecular complexity index is 492. The van der Waals surface area contributed by atoms with Crippen LogP contribution in [0.1, 0.15) is 13.3 Å². The highest BCUT2D eigenvalue weighted by Gasteiger charge is 2.32. The van der Waals surface area contributed by atoms with Crippen LogP contribution in [-0.2, 0) is 4.79 Å². The third-order valence-electron chi connectivity index (χ3n) is 3.56. The Balaban J connectivity index is 1.95. The van der Waals surface area contributed by atoms with E-state index in [9.17, 15) is 9.59 Å². The zero-order valence-electron chi connectivity index (χ0n) is 12.2. The lowest BCUT2D eigenvalue weighted by molar-refractivity contribution is -0.117. The van der Waals surface area contributed by atoms with Crippen molar-refractivity contribution in [1.82, 2.24) is 10.2 Å². The molecule has 1 heterocycles. The van der Waals surface area contributed by atoms with Crippen LogP contribution >= 0.6 is 0 Å². The van der Waals surface area contributed by atoms with Gasteiger partial charge in [0.15, 0.2) is 0 Å². The fourth-order valence-corrected chi connectivity index (χ4v) is 2.45. The number of benzene rings is 1. The zero-order chi connectivity index (χ0) is 15.2. The van der Waals surface area contributed by atoms with E-state index in [1.54, 1.807) is 4.90 Å². The van der Waals surface area contributed by atoms with Crippen molar-refractivity contribution in [3.05, 3.63) is 30.3 Å². The standard InChI is InChI=1S/C15H21N3O3/c1-2-17(8-9-19)15(21)16-12-10-14(20)18(11-12)13-6-4-3-5-7-13/h3-7,12,19H,2,8-11H2,1H3,(H,16,21). The lowest BCUT2D eigenvalue weighted by atomic mass is 10.2. The first kappa shape index (κ1) is 15.3. The molecule has 1 aromatic carbocycles. The molecule has 114 valence electrons. The summed E-state index contributed by atoms with van der Waals surface area (Å²) in [7, 11) is 0. The Kier molecular flexibility index (Phi) is 5.16. The predicted molar refractivity (Wildman–Crippen MR) is 80.1 cm³/mol. The molecule has 1 unspecified atom stereocenters. The molecule has 0 aliphatic carbocycles. The smallest absolute Gasteiger partial charge is 0.317 e. The molecule has 0 aromatic heterocycles. The summed E-state index contributed by atoms with van der Waals surface area (Å²) in [5, 5.41) is 11.8. The number of aliphatic hydroxyl groups excluding tert-OH is 1. The van der Waals surface area contributed by atoms with Gasteiger partial charge in [-0.05, 0) is 19.1 Å². The topological polar surface area (TPSA) is 72.9 Å². The van der Waals surface area contributed by atoms with Gasteiger partial charge in [-0.15, -0.1) is 0 Å². The molecule has 1 atom stereocenters. The Morgan fingerprint density at radius 3 is 2.76 bits per heavy atom. The van der Waals surface area contributed by atoms with Gasteiger partial charge in [-0.1, -0.05) is 18.2 Å². The number of rotatable bonds is 5. The lowest BCUT2D eigenvalue weighted by Crippen LogP contribution is -2.46. The van der Waals surface area contributed by atoms with Crippen molar-refractivity contribution in [1.29, 1.82) is 0 Å². The molecule has 2 rings (SSSR count). The average molecular weight is 291 g/mol. The van der Waals surface area contributed by atoms with Crippen molar-refractivity contribution in [3.8, 4) is 0 Å². The Hall–Kier alpha value is -2.08. The minimum Gasteiger partial charge on any atom is -0.395 e. The monoisotopic (exact) mass is 291 g/mol. The molecule has 0 spiro atoms. The van der Waals surface area contributed by atoms with Crippen LogP contribution in [0.3, 0.4) is 0 Å². The average Bonchev–Trinajstić information content (AvgIpc) is 2.86. The number of carbonyl (C=O) groups excluding carboxylic acids is 2. The first-order valence-electron chi connectivity index (χ1n) is 7.17. The number of aliphatic hydroxyl groups is 1. The summed E-state index contributed by atoms with van der Waals surface area (Å²) in [5.74, 6) is 0.0108. The van der Waals surface area contributed by atoms with E-state index in [1.165, 1.54) is 4.90 Å². The van der Waals surface area contributed by atoms with Crippen molar-refractivity contribution < 1.29 is 14.7 Å². The fraction of sp³-hybridized carbons (Fsp3) is 0.467. The van der Waals surface area contributed by atoms with Crippen molar-refractivity contribution in [2.75, 3.05) is 31.1 Å². The maximum absolute atomic E-state index is 12.1. The minimum absolute atomic E-state index is 0.0108. The molecule has 0 bridgehead atoms. The van der Waals surface area contributed by atoms with E-state index >= 15 is 0 Å². The number of carbonyl (C=O) groups is 2. The van der Waals surface area contributed by atoms with Crippen LogP contribution in [0.25, 0.3) is 0 Å². The van der Waals surface area contributed by atoms with Crippen LogP contribution in [-0.4, -0.2) is 54.2 Å². The molecule has 1 saturated heterocycles. The number of nitrogens with zero attached hydrogens (tertiary/aromatic N) is 2. The van der Waals surface area contributed by atoms with E-state index in [2.05, 4.69) is 5.32 Å². The normalized spacial score (nSPS) is 17.9. The van der Waals surface area contributed by atoms with Gasteiger partial charge in [0.2, 0.25) is 5.91 Å². The molecule has 21 heavy (non-hydrogen) atoms. The van der Waals surface area contributed by atoms with Gasteiger partial charge in [-0.3, -0.25) is 4.79 Å². The quantitative estimate of drug-likeness (QED) is 0.843. The highest BCUT2D eigenvalue weighted by Crippen LogP contribution is 2.21. The van der Waals surface area contributed by atoms with E-state index < -0.39 is 0 Å². The van der Waals surface area contributed by atoms with Crippen LogP contribution < -0.4 is 10.2 Å². The first-order valence-corrected chi connectivity index (χ1v) is 7.17. The molecule has 6 nitrogen and oxygen atoms in total. The third kappa shape index (κ3) is 3.72. The molecule has 0 radical (unpaired) electrons. The second kappa shape index (κ2) is 7.08. The Morgan fingerprint density at radius 1 is 1.43 bits per heavy atom. The first-order chi connectivity index (χ1) is 10.2. The molecule has 0 saturated carbocycles. The number of nitrogens with one attached hydrogen (secondary N) is 1.